The first-order chi connectivity index (χ1) is 8.65. The summed E-state index contributed by atoms with van der Waals surface area (Å²) in [6, 6.07) is 13.2. The van der Waals surface area contributed by atoms with Crippen LogP contribution in [0.5, 0.6) is 0 Å². The lowest BCUT2D eigenvalue weighted by Gasteiger charge is -1.96. The van der Waals surface area contributed by atoms with Gasteiger partial charge >= 0.3 is 0 Å². The minimum absolute atomic E-state index is 0.207. The Labute approximate surface area is 105 Å². The van der Waals surface area contributed by atoms with Crippen LogP contribution < -0.4 is 11.1 Å². The van der Waals surface area contributed by atoms with Gasteiger partial charge in [0.05, 0.1) is 0 Å². The molecule has 0 heterocycles. The first-order valence-electron chi connectivity index (χ1n) is 5.39. The summed E-state index contributed by atoms with van der Waals surface area (Å²) in [5, 5.41) is 2.83. The molecule has 3 N–H and O–H groups in total. The predicted molar refractivity (Wildman–Crippen MR) is 72.2 cm³/mol. The number of nitrogens with two attached hydrogens (primary N) is 1. The molecule has 0 aliphatic heterocycles. The first-order valence-corrected chi connectivity index (χ1v) is 5.39. The highest BCUT2D eigenvalue weighted by molar-refractivity contribution is 5.76. The molecule has 4 heteroatoms. The smallest absolute Gasteiger partial charge is 0.150 e. The highest BCUT2D eigenvalue weighted by atomic mass is 19.1. The van der Waals surface area contributed by atoms with E-state index in [1.165, 1.54) is 12.1 Å². The summed E-state index contributed by atoms with van der Waals surface area (Å²) in [5.41, 5.74) is 7.42. The molecule has 2 aromatic rings. The van der Waals surface area contributed by atoms with E-state index in [9.17, 15) is 9.18 Å². The monoisotopic (exact) mass is 246 g/mol. The van der Waals surface area contributed by atoms with Crippen LogP contribution in [0.2, 0.25) is 0 Å². The maximum atomic E-state index is 12.3. The van der Waals surface area contributed by atoms with Crippen LogP contribution >= 0.6 is 0 Å². The van der Waals surface area contributed by atoms with Crippen molar-refractivity contribution in [1.29, 1.82) is 0 Å². The lowest BCUT2D eigenvalue weighted by molar-refractivity contribution is 0.112. The fourth-order valence-electron chi connectivity index (χ4n) is 1.28. The number of nitrogen functional groups attached to an aromatic ring is 1. The summed E-state index contributed by atoms with van der Waals surface area (Å²) in [4.78, 5) is 10.1. The molecule has 2 rings (SSSR count). The van der Waals surface area contributed by atoms with Crippen LogP contribution in [0.25, 0.3) is 0 Å². The highest BCUT2D eigenvalue weighted by Gasteiger charge is 1.88. The second-order valence-corrected chi connectivity index (χ2v) is 3.55. The van der Waals surface area contributed by atoms with E-state index in [-0.39, 0.29) is 5.82 Å². The van der Waals surface area contributed by atoms with Gasteiger partial charge in [0.15, 0.2) is 0 Å². The zero-order valence-corrected chi connectivity index (χ0v) is 10.1. The Morgan fingerprint density at radius 2 is 1.89 bits per heavy atom. The molecule has 94 valence electrons. The molecule has 0 aliphatic carbocycles. The van der Waals surface area contributed by atoms with Crippen molar-refractivity contribution in [1.82, 2.24) is 0 Å². The van der Waals surface area contributed by atoms with Gasteiger partial charge in [0.1, 0.15) is 12.1 Å². The Bertz CT molecular complexity index is 515. The zero-order valence-electron chi connectivity index (χ0n) is 10.1. The summed E-state index contributed by atoms with van der Waals surface area (Å²) in [7, 11) is 1.76. The van der Waals surface area contributed by atoms with E-state index in [0.29, 0.717) is 11.3 Å². The number of aldehydes is 1. The Hall–Kier alpha value is -2.36. The Morgan fingerprint density at radius 3 is 2.33 bits per heavy atom. The second kappa shape index (κ2) is 7.06. The van der Waals surface area contributed by atoms with Gasteiger partial charge in [-0.05, 0) is 30.3 Å². The van der Waals surface area contributed by atoms with E-state index in [1.807, 2.05) is 6.07 Å². The number of carbonyl (C=O) groups is 1. The molecule has 0 aromatic heterocycles. The molecule has 0 atom stereocenters. The van der Waals surface area contributed by atoms with Crippen LogP contribution in [0.1, 0.15) is 10.4 Å². The normalized spacial score (nSPS) is 9.00. The number of rotatable bonds is 2. The van der Waals surface area contributed by atoms with Crippen molar-refractivity contribution in [3.05, 3.63) is 59.9 Å². The van der Waals surface area contributed by atoms with Crippen LogP contribution in [-0.4, -0.2) is 13.3 Å². The second-order valence-electron chi connectivity index (χ2n) is 3.55. The van der Waals surface area contributed by atoms with Crippen LogP contribution in [-0.2, 0) is 0 Å². The largest absolute Gasteiger partial charge is 0.399 e. The average Bonchev–Trinajstić information content (AvgIpc) is 2.39. The number of nitrogens with one attached hydrogen (secondary N) is 1. The van der Waals surface area contributed by atoms with Gasteiger partial charge in [0.25, 0.3) is 0 Å². The molecule has 0 saturated carbocycles. The lowest BCUT2D eigenvalue weighted by Crippen LogP contribution is -1.86. The third-order valence-corrected chi connectivity index (χ3v) is 2.16. The number of halogens is 1. The summed E-state index contributed by atoms with van der Waals surface area (Å²) in [6.45, 7) is 0. The lowest BCUT2D eigenvalue weighted by atomic mass is 10.2. The van der Waals surface area contributed by atoms with E-state index in [1.54, 1.807) is 37.4 Å². The van der Waals surface area contributed by atoms with Crippen molar-refractivity contribution in [2.24, 2.45) is 0 Å². The third-order valence-electron chi connectivity index (χ3n) is 2.16. The summed E-state index contributed by atoms with van der Waals surface area (Å²) in [6.07, 6.45) is 0.774. The van der Waals surface area contributed by atoms with Gasteiger partial charge < -0.3 is 11.1 Å². The van der Waals surface area contributed by atoms with Gasteiger partial charge in [0.2, 0.25) is 0 Å². The van der Waals surface area contributed by atoms with Crippen molar-refractivity contribution < 1.29 is 9.18 Å². The number of hydrogen-bond acceptors (Lipinski definition) is 3. The number of benzene rings is 2. The van der Waals surface area contributed by atoms with E-state index >= 15 is 0 Å². The molecule has 0 spiro atoms. The van der Waals surface area contributed by atoms with E-state index in [2.05, 4.69) is 5.32 Å². The fraction of sp³-hybridized carbons (Fsp3) is 0.0714. The van der Waals surface area contributed by atoms with Gasteiger partial charge in [-0.25, -0.2) is 4.39 Å². The standard InChI is InChI=1S/C7H8FN.C7H7NO/c1-9-7-4-2-3-6(8)5-7;8-7-3-1-2-6(4-7)5-9/h2-5,9H,1H3;1-5H,8H2. The molecule has 0 fully saturated rings. The molecule has 0 unspecified atom stereocenters. The molecule has 0 bridgehead atoms. The highest BCUT2D eigenvalue weighted by Crippen LogP contribution is 2.06. The Balaban J connectivity index is 0.000000180. The maximum absolute atomic E-state index is 12.3. The molecular weight excluding hydrogens is 231 g/mol. The van der Waals surface area contributed by atoms with Crippen LogP contribution in [0.4, 0.5) is 15.8 Å². The van der Waals surface area contributed by atoms with Crippen molar-refractivity contribution in [2.75, 3.05) is 18.1 Å². The van der Waals surface area contributed by atoms with Gasteiger partial charge in [-0.2, -0.15) is 0 Å². The summed E-state index contributed by atoms with van der Waals surface area (Å²) in [5.74, 6) is -0.207. The van der Waals surface area contributed by atoms with Gasteiger partial charge in [-0.3, -0.25) is 4.79 Å². The van der Waals surface area contributed by atoms with E-state index < -0.39 is 0 Å². The van der Waals surface area contributed by atoms with Crippen molar-refractivity contribution in [3.8, 4) is 0 Å². The molecule has 2 aromatic carbocycles. The maximum Gasteiger partial charge on any atom is 0.150 e. The molecule has 0 aliphatic rings. The van der Waals surface area contributed by atoms with Crippen molar-refractivity contribution >= 4 is 17.7 Å². The molecule has 3 nitrogen and oxygen atoms in total. The van der Waals surface area contributed by atoms with E-state index in [4.69, 9.17) is 5.73 Å². The van der Waals surface area contributed by atoms with Gasteiger partial charge in [-0.15, -0.1) is 0 Å². The van der Waals surface area contributed by atoms with Gasteiger partial charge in [0, 0.05) is 24.0 Å². The minimum atomic E-state index is -0.207. The Kier molecular flexibility index (Phi) is 5.38. The van der Waals surface area contributed by atoms with E-state index in [0.717, 1.165) is 12.0 Å². The SMILES string of the molecule is CNc1cccc(F)c1.Nc1cccc(C=O)c1. The molecule has 0 saturated heterocycles. The summed E-state index contributed by atoms with van der Waals surface area (Å²) >= 11 is 0. The van der Waals surface area contributed by atoms with Crippen LogP contribution in [0.15, 0.2) is 48.5 Å². The predicted octanol–water partition coefficient (Wildman–Crippen LogP) is 2.95. The molecule has 18 heavy (non-hydrogen) atoms. The Morgan fingerprint density at radius 1 is 1.17 bits per heavy atom. The fourth-order valence-corrected chi connectivity index (χ4v) is 1.28. The number of anilines is 2. The third kappa shape index (κ3) is 4.65. The van der Waals surface area contributed by atoms with Crippen molar-refractivity contribution in [3.63, 3.8) is 0 Å². The number of hydrogen-bond donors (Lipinski definition) is 2. The molecule has 0 radical (unpaired) electrons. The number of carbonyl (C=O) groups excluding carboxylic acids is 1. The topological polar surface area (TPSA) is 55.1 Å². The minimum Gasteiger partial charge on any atom is -0.399 e. The van der Waals surface area contributed by atoms with Gasteiger partial charge in [-0.1, -0.05) is 18.2 Å². The van der Waals surface area contributed by atoms with Crippen LogP contribution in [0, 0.1) is 5.82 Å². The average molecular weight is 246 g/mol. The molecular formula is C14H15FN2O. The summed E-state index contributed by atoms with van der Waals surface area (Å²) < 4.78 is 12.3. The quantitative estimate of drug-likeness (QED) is 0.632. The first kappa shape index (κ1) is 13.7. The zero-order chi connectivity index (χ0) is 13.4. The molecule has 0 amide bonds. The van der Waals surface area contributed by atoms with Crippen LogP contribution in [0.3, 0.4) is 0 Å². The van der Waals surface area contributed by atoms with Crippen molar-refractivity contribution in [2.45, 2.75) is 0 Å².